The van der Waals surface area contributed by atoms with Crippen LogP contribution in [-0.4, -0.2) is 30.8 Å². The van der Waals surface area contributed by atoms with Gasteiger partial charge in [0.1, 0.15) is 11.5 Å². The number of nitrogens with one attached hydrogen (secondary N) is 1. The van der Waals surface area contributed by atoms with E-state index in [2.05, 4.69) is 24.9 Å². The first-order valence-corrected chi connectivity index (χ1v) is 9.22. The van der Waals surface area contributed by atoms with E-state index in [0.29, 0.717) is 16.4 Å². The molecule has 8 heteroatoms. The van der Waals surface area contributed by atoms with E-state index in [1.807, 2.05) is 43.9 Å². The average molecular weight is 379 g/mol. The van der Waals surface area contributed by atoms with E-state index in [1.54, 1.807) is 18.6 Å². The zero-order chi connectivity index (χ0) is 19.1. The van der Waals surface area contributed by atoms with Crippen LogP contribution in [0.1, 0.15) is 23.9 Å². The molecule has 0 radical (unpaired) electrons. The molecule has 0 atom stereocenters. The molecular formula is C19H19N6OS+. The first-order valence-electron chi connectivity index (χ1n) is 8.45. The summed E-state index contributed by atoms with van der Waals surface area (Å²) < 4.78 is 1.95. The van der Waals surface area contributed by atoms with Gasteiger partial charge in [-0.1, -0.05) is 0 Å². The number of rotatable bonds is 3. The third-order valence-electron chi connectivity index (χ3n) is 4.54. The Bertz CT molecular complexity index is 1170. The van der Waals surface area contributed by atoms with Crippen molar-refractivity contribution in [2.75, 3.05) is 0 Å². The van der Waals surface area contributed by atoms with Gasteiger partial charge in [0.05, 0.1) is 35.7 Å². The molecule has 27 heavy (non-hydrogen) atoms. The predicted octanol–water partition coefficient (Wildman–Crippen LogP) is 3.37. The fourth-order valence-electron chi connectivity index (χ4n) is 2.99. The maximum Gasteiger partial charge on any atom is 0.360 e. The van der Waals surface area contributed by atoms with Gasteiger partial charge in [-0.2, -0.15) is 8.95 Å². The highest BCUT2D eigenvalue weighted by molar-refractivity contribution is 7.05. The number of aromatic hydroxyl groups is 1. The highest BCUT2D eigenvalue weighted by Gasteiger charge is 2.18. The number of aryl methyl sites for hydroxylation is 3. The number of pyridine rings is 2. The monoisotopic (exact) mass is 379 g/mol. The van der Waals surface area contributed by atoms with Gasteiger partial charge in [0.15, 0.2) is 5.88 Å². The van der Waals surface area contributed by atoms with Gasteiger partial charge >= 0.3 is 11.0 Å². The summed E-state index contributed by atoms with van der Waals surface area (Å²) in [6, 6.07) is 3.91. The van der Waals surface area contributed by atoms with Crippen LogP contribution in [-0.2, 0) is 7.05 Å². The number of nitrogens with zero attached hydrogens (tertiary/aromatic N) is 5. The molecule has 0 spiro atoms. The van der Waals surface area contributed by atoms with Crippen molar-refractivity contribution in [2.24, 2.45) is 12.0 Å². The van der Waals surface area contributed by atoms with Gasteiger partial charge in [0.2, 0.25) is 0 Å². The largest absolute Gasteiger partial charge is 0.494 e. The van der Waals surface area contributed by atoms with Crippen LogP contribution in [0.25, 0.3) is 22.2 Å². The molecule has 4 rings (SSSR count). The molecule has 0 fully saturated rings. The summed E-state index contributed by atoms with van der Waals surface area (Å²) in [6.07, 6.45) is 5.29. The lowest BCUT2D eigenvalue weighted by Gasteiger charge is -2.05. The van der Waals surface area contributed by atoms with E-state index >= 15 is 0 Å². The van der Waals surface area contributed by atoms with Gasteiger partial charge < -0.3 is 10.1 Å². The molecule has 0 amide bonds. The Morgan fingerprint density at radius 2 is 2.11 bits per heavy atom. The van der Waals surface area contributed by atoms with E-state index in [-0.39, 0.29) is 5.88 Å². The van der Waals surface area contributed by atoms with Crippen LogP contribution in [0, 0.1) is 13.8 Å². The smallest absolute Gasteiger partial charge is 0.360 e. The molecule has 4 heterocycles. The summed E-state index contributed by atoms with van der Waals surface area (Å²) in [5.41, 5.74) is 4.96. The molecule has 0 aliphatic carbocycles. The number of H-pyrrole nitrogens is 1. The third kappa shape index (κ3) is 3.08. The molecule has 136 valence electrons. The lowest BCUT2D eigenvalue weighted by molar-refractivity contribution is -0.610. The van der Waals surface area contributed by atoms with E-state index in [4.69, 9.17) is 0 Å². The molecule has 0 unspecified atom stereocenters. The average Bonchev–Trinajstić information content (AvgIpc) is 3.12. The molecule has 4 aromatic rings. The molecular weight excluding hydrogens is 360 g/mol. The molecule has 0 aliphatic rings. The molecule has 0 saturated heterocycles. The second-order valence-electron chi connectivity index (χ2n) is 6.38. The fraction of sp³-hybridized carbons (Fsp3) is 0.211. The zero-order valence-corrected chi connectivity index (χ0v) is 16.3. The fourth-order valence-corrected chi connectivity index (χ4v) is 3.76. The van der Waals surface area contributed by atoms with Crippen LogP contribution in [0.5, 0.6) is 5.88 Å². The number of hydrogen-bond acceptors (Lipinski definition) is 6. The van der Waals surface area contributed by atoms with Crippen molar-refractivity contribution in [1.29, 1.82) is 0 Å². The summed E-state index contributed by atoms with van der Waals surface area (Å²) in [4.78, 5) is 20.7. The Kier molecular flexibility index (Phi) is 4.19. The predicted molar refractivity (Wildman–Crippen MR) is 106 cm³/mol. The zero-order valence-electron chi connectivity index (χ0n) is 15.5. The number of aromatic nitrogens is 5. The van der Waals surface area contributed by atoms with Crippen LogP contribution >= 0.6 is 11.5 Å². The van der Waals surface area contributed by atoms with Crippen molar-refractivity contribution in [3.8, 4) is 17.1 Å². The Hall–Kier alpha value is -3.13. The normalized spacial score (nSPS) is 12.1. The number of hydrogen-bond donors (Lipinski definition) is 2. The Labute approximate surface area is 160 Å². The third-order valence-corrected chi connectivity index (χ3v) is 5.42. The van der Waals surface area contributed by atoms with Crippen molar-refractivity contribution in [3.63, 3.8) is 0 Å². The van der Waals surface area contributed by atoms with Crippen LogP contribution in [0.4, 0.5) is 5.13 Å². The Morgan fingerprint density at radius 3 is 2.81 bits per heavy atom. The van der Waals surface area contributed by atoms with Crippen molar-refractivity contribution in [1.82, 2.24) is 19.9 Å². The number of aromatic amines is 1. The van der Waals surface area contributed by atoms with E-state index in [9.17, 15) is 5.11 Å². The van der Waals surface area contributed by atoms with E-state index < -0.39 is 0 Å². The quantitative estimate of drug-likeness (QED) is 0.422. The Balaban J connectivity index is 1.86. The SMILES string of the molecule is C/C(=N\c1nc(C)[n+](C)s1)c1c(O)[nH]c2cnc(-c3cnccc3C)cc12. The first kappa shape index (κ1) is 17.3. The minimum Gasteiger partial charge on any atom is -0.494 e. The second kappa shape index (κ2) is 6.55. The molecule has 0 bridgehead atoms. The first-order chi connectivity index (χ1) is 12.9. The van der Waals surface area contributed by atoms with E-state index in [1.165, 1.54) is 11.5 Å². The standard InChI is InChI=1S/C19H18N6OS/c1-10-5-6-20-8-14(10)15-7-13-16(9-21-15)24-18(26)17(13)11(2)22-19-23-12(3)25(4)27-19/h5-9H,1-4H3,(H,24,26)/p+1. The molecule has 0 saturated carbocycles. The highest BCUT2D eigenvalue weighted by Crippen LogP contribution is 2.32. The minimum absolute atomic E-state index is 0.0748. The highest BCUT2D eigenvalue weighted by atomic mass is 32.1. The van der Waals surface area contributed by atoms with Crippen LogP contribution in [0.2, 0.25) is 0 Å². The molecule has 7 nitrogen and oxygen atoms in total. The van der Waals surface area contributed by atoms with Crippen molar-refractivity contribution in [2.45, 2.75) is 20.8 Å². The van der Waals surface area contributed by atoms with Crippen LogP contribution in [0.15, 0.2) is 35.7 Å². The lowest BCUT2D eigenvalue weighted by atomic mass is 10.0. The van der Waals surface area contributed by atoms with Gasteiger partial charge in [-0.05, 0) is 36.5 Å². The molecule has 2 N–H and O–H groups in total. The number of fused-ring (bicyclic) bond motifs is 1. The van der Waals surface area contributed by atoms with Crippen molar-refractivity contribution >= 4 is 33.3 Å². The Morgan fingerprint density at radius 1 is 1.30 bits per heavy atom. The van der Waals surface area contributed by atoms with Gasteiger partial charge in [0.25, 0.3) is 0 Å². The summed E-state index contributed by atoms with van der Waals surface area (Å²) in [5.74, 6) is 0.971. The second-order valence-corrected chi connectivity index (χ2v) is 7.48. The minimum atomic E-state index is 0.0748. The molecule has 4 aromatic heterocycles. The van der Waals surface area contributed by atoms with Crippen molar-refractivity contribution < 1.29 is 9.06 Å². The lowest BCUT2D eigenvalue weighted by Crippen LogP contribution is -2.24. The summed E-state index contributed by atoms with van der Waals surface area (Å²) >= 11 is 1.46. The summed E-state index contributed by atoms with van der Waals surface area (Å²) in [6.45, 7) is 5.83. The number of aliphatic imine (C=N–C) groups is 1. The maximum absolute atomic E-state index is 10.5. The molecule has 0 aromatic carbocycles. The van der Waals surface area contributed by atoms with E-state index in [0.717, 1.165) is 33.5 Å². The molecule has 0 aliphatic heterocycles. The van der Waals surface area contributed by atoms with Gasteiger partial charge in [-0.25, -0.2) is 0 Å². The van der Waals surface area contributed by atoms with Gasteiger partial charge in [-0.3, -0.25) is 9.97 Å². The maximum atomic E-state index is 10.5. The summed E-state index contributed by atoms with van der Waals surface area (Å²) in [5, 5.41) is 12.0. The van der Waals surface area contributed by atoms with Crippen LogP contribution in [0.3, 0.4) is 0 Å². The van der Waals surface area contributed by atoms with Crippen LogP contribution < -0.4 is 3.96 Å². The van der Waals surface area contributed by atoms with Gasteiger partial charge in [-0.15, -0.1) is 0 Å². The summed E-state index contributed by atoms with van der Waals surface area (Å²) in [7, 11) is 1.94. The topological polar surface area (TPSA) is 90.9 Å². The van der Waals surface area contributed by atoms with Gasteiger partial charge in [0, 0.05) is 30.3 Å². The van der Waals surface area contributed by atoms with Crippen molar-refractivity contribution in [3.05, 3.63) is 47.7 Å².